The molecule has 74 valence electrons. The average Bonchev–Trinajstić information content (AvgIpc) is 2.36. The lowest BCUT2D eigenvalue weighted by Crippen LogP contribution is -2.48. The van der Waals surface area contributed by atoms with Crippen molar-refractivity contribution in [3.63, 3.8) is 0 Å². The summed E-state index contributed by atoms with van der Waals surface area (Å²) in [5, 5.41) is -0.441. The Hall–Kier alpha value is -0.130. The summed E-state index contributed by atoms with van der Waals surface area (Å²) in [5.74, 6) is 0. The molecule has 3 fully saturated rings. The van der Waals surface area contributed by atoms with E-state index < -0.39 is 26.6 Å². The fourth-order valence-corrected chi connectivity index (χ4v) is 5.15. The first-order valence-electron chi connectivity index (χ1n) is 4.50. The van der Waals surface area contributed by atoms with Gasteiger partial charge in [0.2, 0.25) is 0 Å². The Kier molecular flexibility index (Phi) is 1.14. The fourth-order valence-electron chi connectivity index (χ4n) is 2.99. The highest BCUT2D eigenvalue weighted by molar-refractivity contribution is 7.87. The number of ether oxygens (including phenoxy) is 1. The molecular formula is C8H12O4S. The average molecular weight is 204 g/mol. The molecule has 4 unspecified atom stereocenters. The van der Waals surface area contributed by atoms with E-state index in [4.69, 9.17) is 8.92 Å². The van der Waals surface area contributed by atoms with Crippen molar-refractivity contribution in [2.75, 3.05) is 0 Å². The first-order chi connectivity index (χ1) is 5.87. The summed E-state index contributed by atoms with van der Waals surface area (Å²) in [6, 6.07) is 0. The van der Waals surface area contributed by atoms with E-state index in [0.29, 0.717) is 12.8 Å². The summed E-state index contributed by atoms with van der Waals surface area (Å²) in [6.45, 7) is 3.69. The molecule has 3 rings (SSSR count). The van der Waals surface area contributed by atoms with Gasteiger partial charge in [0.25, 0.3) is 10.1 Å². The van der Waals surface area contributed by atoms with Crippen LogP contribution in [0.1, 0.15) is 26.7 Å². The largest absolute Gasteiger partial charge is 0.367 e. The van der Waals surface area contributed by atoms with Crippen LogP contribution >= 0.6 is 0 Å². The molecule has 0 spiro atoms. The minimum atomic E-state index is -3.37. The first kappa shape index (κ1) is 8.20. The van der Waals surface area contributed by atoms with Crippen molar-refractivity contribution in [2.24, 2.45) is 0 Å². The summed E-state index contributed by atoms with van der Waals surface area (Å²) >= 11 is 0. The van der Waals surface area contributed by atoms with Gasteiger partial charge in [0.05, 0.1) is 6.10 Å². The van der Waals surface area contributed by atoms with Crippen molar-refractivity contribution >= 4 is 10.1 Å². The van der Waals surface area contributed by atoms with E-state index in [1.54, 1.807) is 0 Å². The second-order valence-corrected chi connectivity index (χ2v) is 6.30. The van der Waals surface area contributed by atoms with Gasteiger partial charge in [-0.05, 0) is 20.3 Å². The topological polar surface area (TPSA) is 52.6 Å². The minimum Gasteiger partial charge on any atom is -0.367 e. The van der Waals surface area contributed by atoms with Crippen molar-refractivity contribution in [1.82, 2.24) is 0 Å². The van der Waals surface area contributed by atoms with Crippen LogP contribution in [0.4, 0.5) is 0 Å². The molecule has 0 aromatic rings. The molecule has 0 aliphatic carbocycles. The molecular weight excluding hydrogens is 192 g/mol. The Balaban J connectivity index is 2.25. The fraction of sp³-hybridized carbons (Fsp3) is 1.00. The second-order valence-electron chi connectivity index (χ2n) is 4.58. The zero-order valence-electron chi connectivity index (χ0n) is 7.61. The van der Waals surface area contributed by atoms with Crippen molar-refractivity contribution < 1.29 is 17.3 Å². The van der Waals surface area contributed by atoms with Crippen molar-refractivity contribution in [3.05, 3.63) is 0 Å². The van der Waals surface area contributed by atoms with E-state index in [1.807, 2.05) is 13.8 Å². The SMILES string of the molecule is CC12CC3CC(C1(C)O3)S(=O)(=O)O2. The van der Waals surface area contributed by atoms with E-state index in [-0.39, 0.29) is 6.10 Å². The molecule has 3 aliphatic rings. The monoisotopic (exact) mass is 204 g/mol. The Morgan fingerprint density at radius 2 is 2.08 bits per heavy atom. The number of rotatable bonds is 0. The van der Waals surface area contributed by atoms with Gasteiger partial charge in [-0.2, -0.15) is 8.42 Å². The standard InChI is InChI=1S/C8H12O4S/c1-7-4-5-3-6(8(7,2)11-5)13(9,10)12-7/h5-6H,3-4H2,1-2H3. The summed E-state index contributed by atoms with van der Waals surface area (Å²) < 4.78 is 34.0. The zero-order valence-corrected chi connectivity index (χ0v) is 8.43. The number of hydrogen-bond acceptors (Lipinski definition) is 4. The van der Waals surface area contributed by atoms with Gasteiger partial charge in [0.1, 0.15) is 16.5 Å². The molecule has 0 aromatic carbocycles. The van der Waals surface area contributed by atoms with Gasteiger partial charge in [-0.25, -0.2) is 0 Å². The Morgan fingerprint density at radius 3 is 2.54 bits per heavy atom. The summed E-state index contributed by atoms with van der Waals surface area (Å²) in [7, 11) is -3.37. The predicted molar refractivity (Wildman–Crippen MR) is 44.7 cm³/mol. The van der Waals surface area contributed by atoms with Crippen LogP contribution in [0.15, 0.2) is 0 Å². The van der Waals surface area contributed by atoms with Crippen LogP contribution in [0.25, 0.3) is 0 Å². The van der Waals surface area contributed by atoms with E-state index in [9.17, 15) is 8.42 Å². The minimum absolute atomic E-state index is 0.0808. The number of hydrogen-bond donors (Lipinski definition) is 0. The highest BCUT2D eigenvalue weighted by Crippen LogP contribution is 2.59. The third kappa shape index (κ3) is 0.692. The molecule has 4 nitrogen and oxygen atoms in total. The molecule has 3 saturated heterocycles. The summed E-state index contributed by atoms with van der Waals surface area (Å²) in [5.41, 5.74) is -1.21. The quantitative estimate of drug-likeness (QED) is 0.537. The zero-order chi connectivity index (χ0) is 9.48. The molecule has 0 aromatic heterocycles. The molecule has 0 radical (unpaired) electrons. The molecule has 4 atom stereocenters. The third-order valence-corrected chi connectivity index (χ3v) is 5.76. The lowest BCUT2D eigenvalue weighted by atomic mass is 9.77. The van der Waals surface area contributed by atoms with Gasteiger partial charge in [-0.3, -0.25) is 4.18 Å². The molecule has 3 aliphatic heterocycles. The lowest BCUT2D eigenvalue weighted by Gasteiger charge is -2.30. The van der Waals surface area contributed by atoms with Crippen molar-refractivity contribution in [1.29, 1.82) is 0 Å². The molecule has 0 N–H and O–H groups in total. The Labute approximate surface area is 77.3 Å². The normalized spacial score (nSPS) is 61.7. The summed E-state index contributed by atoms with van der Waals surface area (Å²) in [6.07, 6.45) is 1.39. The van der Waals surface area contributed by atoms with Crippen LogP contribution < -0.4 is 0 Å². The van der Waals surface area contributed by atoms with E-state index >= 15 is 0 Å². The van der Waals surface area contributed by atoms with Gasteiger partial charge in [-0.1, -0.05) is 0 Å². The third-order valence-electron chi connectivity index (χ3n) is 3.82. The smallest absolute Gasteiger partial charge is 0.273 e. The van der Waals surface area contributed by atoms with Gasteiger partial charge in [0, 0.05) is 6.42 Å². The molecule has 2 bridgehead atoms. The van der Waals surface area contributed by atoms with E-state index in [0.717, 1.165) is 0 Å². The second kappa shape index (κ2) is 1.81. The molecule has 13 heavy (non-hydrogen) atoms. The Bertz CT molecular complexity index is 374. The van der Waals surface area contributed by atoms with Gasteiger partial charge in [-0.15, -0.1) is 0 Å². The van der Waals surface area contributed by atoms with Crippen molar-refractivity contribution in [3.8, 4) is 0 Å². The van der Waals surface area contributed by atoms with Gasteiger partial charge >= 0.3 is 0 Å². The van der Waals surface area contributed by atoms with Gasteiger partial charge in [0.15, 0.2) is 0 Å². The Morgan fingerprint density at radius 1 is 1.38 bits per heavy atom. The summed E-state index contributed by atoms with van der Waals surface area (Å²) in [4.78, 5) is 0. The van der Waals surface area contributed by atoms with E-state index in [2.05, 4.69) is 0 Å². The molecule has 0 amide bonds. The van der Waals surface area contributed by atoms with Crippen LogP contribution in [0.5, 0.6) is 0 Å². The molecule has 5 heteroatoms. The van der Waals surface area contributed by atoms with E-state index in [1.165, 1.54) is 0 Å². The van der Waals surface area contributed by atoms with Crippen LogP contribution in [0, 0.1) is 0 Å². The highest BCUT2D eigenvalue weighted by atomic mass is 32.2. The van der Waals surface area contributed by atoms with Crippen LogP contribution in [0.3, 0.4) is 0 Å². The molecule has 3 heterocycles. The lowest BCUT2D eigenvalue weighted by molar-refractivity contribution is -0.0435. The van der Waals surface area contributed by atoms with Gasteiger partial charge < -0.3 is 4.74 Å². The highest BCUT2D eigenvalue weighted by Gasteiger charge is 2.74. The maximum absolute atomic E-state index is 11.6. The van der Waals surface area contributed by atoms with Crippen LogP contribution in [-0.4, -0.2) is 31.0 Å². The van der Waals surface area contributed by atoms with Crippen molar-refractivity contribution in [2.45, 2.75) is 49.2 Å². The number of fused-ring (bicyclic) bond motifs is 1. The molecule has 0 saturated carbocycles. The van der Waals surface area contributed by atoms with Crippen LogP contribution in [0.2, 0.25) is 0 Å². The predicted octanol–water partition coefficient (Wildman–Crippen LogP) is 0.425. The maximum Gasteiger partial charge on any atom is 0.273 e. The maximum atomic E-state index is 11.6. The first-order valence-corrected chi connectivity index (χ1v) is 5.97. The van der Waals surface area contributed by atoms with Crippen LogP contribution in [-0.2, 0) is 19.0 Å².